The molecule has 6 aromatic carbocycles. The fourth-order valence-electron chi connectivity index (χ4n) is 12.0. The summed E-state index contributed by atoms with van der Waals surface area (Å²) in [5.41, 5.74) is 2.90. The first-order valence-corrected chi connectivity index (χ1v) is 35.6. The molecule has 0 aromatic heterocycles. The molecule has 0 unspecified atom stereocenters. The molecule has 0 aliphatic heterocycles. The summed E-state index contributed by atoms with van der Waals surface area (Å²) < 4.78 is 97.4. The Balaban J connectivity index is 1.04. The van der Waals surface area contributed by atoms with Crippen LogP contribution in [0.4, 0.5) is 17.6 Å². The van der Waals surface area contributed by atoms with Crippen molar-refractivity contribution in [2.24, 2.45) is 23.7 Å². The molecular weight excluding hydrogens is 1220 g/mol. The van der Waals surface area contributed by atoms with Crippen molar-refractivity contribution < 1.29 is 55.6 Å². The number of rotatable bonds is 36. The SMILES string of the molecule is CCCCCCCCOc1ccc(C#Cc2ccc(C#Cc3ccc(OCCCCCCCC)c(F)c3)c(OC(=O)[C@H]3[C@H](C(=O)Oc4cc(C#Cc5ccc(OCCCCCCCC)c(F)c5)ccc4C#Cc4ccc(OCCCCCCCC)c(F)c4)[C@H]4C=C[C@@H]3C4)c2)cc1F. The topological polar surface area (TPSA) is 89.5 Å². The normalized spacial score (nSPS) is 14.8. The maximum absolute atomic E-state index is 15.5. The molecule has 2 bridgehead atoms. The lowest BCUT2D eigenvalue weighted by atomic mass is 9.83. The number of halogens is 4. The number of benzene rings is 6. The predicted molar refractivity (Wildman–Crippen MR) is 377 cm³/mol. The summed E-state index contributed by atoms with van der Waals surface area (Å²) in [7, 11) is 0. The molecule has 0 amide bonds. The maximum atomic E-state index is 15.5. The largest absolute Gasteiger partial charge is 0.491 e. The van der Waals surface area contributed by atoms with E-state index < -0.39 is 47.0 Å². The van der Waals surface area contributed by atoms with Crippen molar-refractivity contribution in [3.63, 3.8) is 0 Å². The van der Waals surface area contributed by atoms with Gasteiger partial charge in [-0.25, -0.2) is 17.6 Å². The van der Waals surface area contributed by atoms with E-state index in [1.165, 1.54) is 75.6 Å². The van der Waals surface area contributed by atoms with Crippen LogP contribution in [0, 0.1) is 94.3 Å². The van der Waals surface area contributed by atoms with Crippen LogP contribution in [0.2, 0.25) is 0 Å². The van der Waals surface area contributed by atoms with Crippen LogP contribution in [-0.4, -0.2) is 38.4 Å². The number of unbranched alkanes of at least 4 members (excludes halogenated alkanes) is 20. The molecule has 0 spiro atoms. The Morgan fingerprint density at radius 2 is 0.567 bits per heavy atom. The van der Waals surface area contributed by atoms with Gasteiger partial charge in [-0.05, 0) is 153 Å². The Morgan fingerprint density at radius 1 is 0.320 bits per heavy atom. The summed E-state index contributed by atoms with van der Waals surface area (Å²) in [5.74, 6) is 18.6. The zero-order valence-corrected chi connectivity index (χ0v) is 57.1. The van der Waals surface area contributed by atoms with E-state index in [2.05, 4.69) is 75.1 Å². The summed E-state index contributed by atoms with van der Waals surface area (Å²) in [6, 6.07) is 28.0. The van der Waals surface area contributed by atoms with Crippen LogP contribution >= 0.6 is 0 Å². The van der Waals surface area contributed by atoms with E-state index >= 15 is 17.6 Å². The first kappa shape index (κ1) is 74.0. The Morgan fingerprint density at radius 3 is 0.845 bits per heavy atom. The Bertz CT molecular complexity index is 3600. The second-order valence-electron chi connectivity index (χ2n) is 25.3. The first-order valence-electron chi connectivity index (χ1n) is 35.6. The van der Waals surface area contributed by atoms with Gasteiger partial charge in [-0.3, -0.25) is 9.59 Å². The highest BCUT2D eigenvalue weighted by Gasteiger charge is 2.53. The summed E-state index contributed by atoms with van der Waals surface area (Å²) >= 11 is 0. The molecule has 2 aliphatic rings. The Hall–Kier alpha value is -8.84. The molecule has 2 aliphatic carbocycles. The van der Waals surface area contributed by atoms with Crippen molar-refractivity contribution in [2.75, 3.05) is 26.4 Å². The second kappa shape index (κ2) is 40.7. The van der Waals surface area contributed by atoms with Gasteiger partial charge in [-0.2, -0.15) is 0 Å². The molecule has 1 fully saturated rings. The van der Waals surface area contributed by atoms with Gasteiger partial charge in [0.2, 0.25) is 0 Å². The quantitative estimate of drug-likeness (QED) is 0.00960. The average Bonchev–Trinajstić information content (AvgIpc) is 1.62. The third kappa shape index (κ3) is 24.0. The maximum Gasteiger partial charge on any atom is 0.315 e. The average molecular weight is 1320 g/mol. The van der Waals surface area contributed by atoms with Crippen molar-refractivity contribution in [2.45, 2.75) is 188 Å². The molecule has 97 heavy (non-hydrogen) atoms. The van der Waals surface area contributed by atoms with Crippen molar-refractivity contribution in [3.05, 3.63) is 189 Å². The summed E-state index contributed by atoms with van der Waals surface area (Å²) in [6.07, 6.45) is 30.2. The number of hydrogen-bond donors (Lipinski definition) is 0. The van der Waals surface area contributed by atoms with Crippen molar-refractivity contribution in [3.8, 4) is 81.9 Å². The summed E-state index contributed by atoms with van der Waals surface area (Å²) in [5, 5.41) is 0. The third-order valence-electron chi connectivity index (χ3n) is 17.5. The molecule has 0 heterocycles. The lowest BCUT2D eigenvalue weighted by Crippen LogP contribution is -2.37. The van der Waals surface area contributed by atoms with Gasteiger partial charge in [0.25, 0.3) is 0 Å². The monoisotopic (exact) mass is 1320 g/mol. The second-order valence-corrected chi connectivity index (χ2v) is 25.3. The first-order chi connectivity index (χ1) is 47.4. The molecule has 510 valence electrons. The van der Waals surface area contributed by atoms with Crippen LogP contribution in [0.5, 0.6) is 34.5 Å². The minimum Gasteiger partial charge on any atom is -0.491 e. The van der Waals surface area contributed by atoms with Crippen LogP contribution in [0.15, 0.2) is 121 Å². The molecule has 0 saturated heterocycles. The van der Waals surface area contributed by atoms with Crippen LogP contribution in [-0.2, 0) is 9.59 Å². The van der Waals surface area contributed by atoms with Crippen molar-refractivity contribution in [1.82, 2.24) is 0 Å². The van der Waals surface area contributed by atoms with E-state index in [1.54, 1.807) is 84.9 Å². The number of ether oxygens (including phenoxy) is 6. The van der Waals surface area contributed by atoms with E-state index in [0.29, 0.717) is 66.2 Å². The van der Waals surface area contributed by atoms with E-state index in [4.69, 9.17) is 28.4 Å². The van der Waals surface area contributed by atoms with Crippen LogP contribution in [0.3, 0.4) is 0 Å². The highest BCUT2D eigenvalue weighted by atomic mass is 19.1. The minimum atomic E-state index is -1.00. The molecule has 8 nitrogen and oxygen atoms in total. The number of allylic oxidation sites excluding steroid dienone is 2. The van der Waals surface area contributed by atoms with Crippen LogP contribution in [0.25, 0.3) is 0 Å². The minimum absolute atomic E-state index is 0.0417. The number of esters is 2. The lowest BCUT2D eigenvalue weighted by Gasteiger charge is -2.25. The predicted octanol–water partition coefficient (Wildman–Crippen LogP) is 20.7. The highest BCUT2D eigenvalue weighted by molar-refractivity contribution is 5.87. The molecule has 4 atom stereocenters. The van der Waals surface area contributed by atoms with Gasteiger partial charge in [0.1, 0.15) is 11.5 Å². The molecule has 1 saturated carbocycles. The molecule has 8 rings (SSSR count). The zero-order chi connectivity index (χ0) is 68.4. The lowest BCUT2D eigenvalue weighted by molar-refractivity contribution is -0.151. The van der Waals surface area contributed by atoms with Gasteiger partial charge in [-0.1, -0.05) is 216 Å². The fourth-order valence-corrected chi connectivity index (χ4v) is 12.0. The van der Waals surface area contributed by atoms with Gasteiger partial charge in [0, 0.05) is 33.4 Å². The number of fused-ring (bicyclic) bond motifs is 2. The van der Waals surface area contributed by atoms with Gasteiger partial charge in [0.05, 0.1) is 49.4 Å². The van der Waals surface area contributed by atoms with E-state index in [-0.39, 0.29) is 57.5 Å². The van der Waals surface area contributed by atoms with Gasteiger partial charge >= 0.3 is 11.9 Å². The van der Waals surface area contributed by atoms with Crippen LogP contribution in [0.1, 0.15) is 233 Å². The Kier molecular flexibility index (Phi) is 31.0. The van der Waals surface area contributed by atoms with E-state index in [0.717, 1.165) is 103 Å². The molecule has 0 N–H and O–H groups in total. The molecule has 6 aromatic rings. The van der Waals surface area contributed by atoms with Crippen molar-refractivity contribution in [1.29, 1.82) is 0 Å². The van der Waals surface area contributed by atoms with Gasteiger partial charge in [0.15, 0.2) is 46.3 Å². The third-order valence-corrected chi connectivity index (χ3v) is 17.5. The van der Waals surface area contributed by atoms with Crippen LogP contribution < -0.4 is 28.4 Å². The summed E-state index contributed by atoms with van der Waals surface area (Å²) in [4.78, 5) is 29.8. The molecular formula is C85H94F4O8. The Labute approximate surface area is 574 Å². The summed E-state index contributed by atoms with van der Waals surface area (Å²) in [6.45, 7) is 10.3. The number of hydrogen-bond acceptors (Lipinski definition) is 8. The standard InChI is InChI=1S/C85H94F4O8/c1-5-9-13-17-21-25-51-92-76-47-37-62(55-72(76)86)29-31-66-35-43-68(41-33-64-39-49-78(74(88)57-64)94-53-27-23-19-15-11-7-3)80(59-66)96-84(90)82-70-45-46-71(61-70)83(82)85(91)97-81-60-67(32-30-63-38-48-77(73(87)56-63)93-52-26-22-18-14-10-6-2)36-44-69(81)42-34-65-40-50-79(75(89)58-65)95-54-28-24-20-16-12-8-4/h35-40,43-50,55-60,70-71,82-83H,5-28,51-54,61H2,1-4H3/t70-,71+,82-,83-/m1/s1. The molecule has 0 radical (unpaired) electrons. The molecule has 12 heteroatoms. The van der Waals surface area contributed by atoms with Gasteiger partial charge in [-0.15, -0.1) is 0 Å². The van der Waals surface area contributed by atoms with E-state index in [9.17, 15) is 9.59 Å². The van der Waals surface area contributed by atoms with Crippen molar-refractivity contribution >= 4 is 11.9 Å². The van der Waals surface area contributed by atoms with E-state index in [1.807, 2.05) is 12.2 Å². The smallest absolute Gasteiger partial charge is 0.315 e. The zero-order valence-electron chi connectivity index (χ0n) is 57.1. The van der Waals surface area contributed by atoms with Gasteiger partial charge < -0.3 is 28.4 Å². The fraction of sp³-hybridized carbons (Fsp3) is 0.435. The highest BCUT2D eigenvalue weighted by Crippen LogP contribution is 2.49. The number of carbonyl (C=O) groups excluding carboxylic acids is 2. The number of carbonyl (C=O) groups is 2.